The molecule has 0 N–H and O–H groups in total. The third kappa shape index (κ3) is 1.86. The van der Waals surface area contributed by atoms with E-state index >= 15 is 0 Å². The summed E-state index contributed by atoms with van der Waals surface area (Å²) in [6.45, 7) is 1.23. The molecule has 0 atom stereocenters. The highest BCUT2D eigenvalue weighted by atomic mass is 16.6. The fourth-order valence-electron chi connectivity index (χ4n) is 2.11. The van der Waals surface area contributed by atoms with Crippen LogP contribution in [0, 0.1) is 0 Å². The van der Waals surface area contributed by atoms with Crippen molar-refractivity contribution in [1.82, 2.24) is 0 Å². The lowest BCUT2D eigenvalue weighted by atomic mass is 10.2. The molecule has 0 bridgehead atoms. The van der Waals surface area contributed by atoms with Gasteiger partial charge in [0.1, 0.15) is 12.6 Å². The molecule has 0 saturated heterocycles. The second-order valence-electron chi connectivity index (χ2n) is 4.13. The lowest BCUT2D eigenvalue weighted by Gasteiger charge is -2.02. The quantitative estimate of drug-likeness (QED) is 0.745. The van der Waals surface area contributed by atoms with Crippen LogP contribution in [0.2, 0.25) is 0 Å². The van der Waals surface area contributed by atoms with Gasteiger partial charge in [-0.05, 0) is 5.56 Å². The van der Waals surface area contributed by atoms with E-state index in [0.29, 0.717) is 12.7 Å². The van der Waals surface area contributed by atoms with Crippen LogP contribution in [0.3, 0.4) is 0 Å². The zero-order valence-corrected chi connectivity index (χ0v) is 9.39. The molecule has 0 saturated carbocycles. The minimum Gasteiger partial charge on any atom is -0.540 e. The molecule has 17 heavy (non-hydrogen) atoms. The van der Waals surface area contributed by atoms with Crippen molar-refractivity contribution in [2.45, 2.75) is 26.0 Å². The van der Waals surface area contributed by atoms with Crippen molar-refractivity contribution in [3.05, 3.63) is 41.6 Å². The third-order valence-corrected chi connectivity index (χ3v) is 2.96. The maximum Gasteiger partial charge on any atom is 0.442 e. The maximum atomic E-state index is 11.5. The molecular formula is C13H13NO3. The Balaban J connectivity index is 1.76. The van der Waals surface area contributed by atoms with Crippen molar-refractivity contribution in [1.29, 1.82) is 0 Å². The van der Waals surface area contributed by atoms with Crippen molar-refractivity contribution < 1.29 is 18.8 Å². The minimum atomic E-state index is -0.259. The predicted molar refractivity (Wildman–Crippen MR) is 57.4 cm³/mol. The standard InChI is InChI=1S/C13H13NO3/c15-12-11-7-4-8-14(11)13(17-12)16-9-10-5-2-1-3-6-10/h1-3,5-6H,4,7-9H2. The van der Waals surface area contributed by atoms with E-state index < -0.39 is 0 Å². The smallest absolute Gasteiger partial charge is 0.442 e. The molecule has 0 spiro atoms. The Kier molecular flexibility index (Phi) is 2.48. The molecule has 0 amide bonds. The molecule has 0 radical (unpaired) electrons. The maximum absolute atomic E-state index is 11.5. The molecule has 0 aliphatic carbocycles. The average Bonchev–Trinajstić information content (AvgIpc) is 2.93. The first kappa shape index (κ1) is 10.2. The summed E-state index contributed by atoms with van der Waals surface area (Å²) in [5.41, 5.74) is 1.79. The summed E-state index contributed by atoms with van der Waals surface area (Å²) in [6.07, 6.45) is 2.12. The highest BCUT2D eigenvalue weighted by Crippen LogP contribution is 2.24. The molecule has 3 rings (SSSR count). The number of hydrogen-bond donors (Lipinski definition) is 0. The molecule has 0 unspecified atom stereocenters. The molecule has 1 aromatic heterocycles. The highest BCUT2D eigenvalue weighted by Gasteiger charge is 2.27. The number of aromatic nitrogens is 1. The summed E-state index contributed by atoms with van der Waals surface area (Å²) in [6, 6.07) is 9.82. The van der Waals surface area contributed by atoms with Crippen molar-refractivity contribution in [2.75, 3.05) is 0 Å². The van der Waals surface area contributed by atoms with Crippen LogP contribution < -0.4 is 14.4 Å². The van der Waals surface area contributed by atoms with Gasteiger partial charge in [0.25, 0.3) is 0 Å². The number of nitrogens with zero attached hydrogens (tertiary/aromatic N) is 1. The molecule has 4 nitrogen and oxygen atoms in total. The summed E-state index contributed by atoms with van der Waals surface area (Å²) >= 11 is 0. The van der Waals surface area contributed by atoms with Crippen LogP contribution in [-0.2, 0) is 19.6 Å². The van der Waals surface area contributed by atoms with Crippen LogP contribution in [0.1, 0.15) is 17.7 Å². The number of benzene rings is 1. The van der Waals surface area contributed by atoms with Crippen LogP contribution in [0.15, 0.2) is 34.7 Å². The number of rotatable bonds is 3. The van der Waals surface area contributed by atoms with Crippen LogP contribution in [0.5, 0.6) is 12.0 Å². The van der Waals surface area contributed by atoms with E-state index in [-0.39, 0.29) is 5.95 Å². The van der Waals surface area contributed by atoms with Gasteiger partial charge >= 0.3 is 6.08 Å². The first-order chi connectivity index (χ1) is 8.34. The normalized spacial score (nSPS) is 13.6. The summed E-state index contributed by atoms with van der Waals surface area (Å²) < 4.78 is 12.5. The lowest BCUT2D eigenvalue weighted by molar-refractivity contribution is -0.700. The van der Waals surface area contributed by atoms with Gasteiger partial charge in [-0.2, -0.15) is 4.57 Å². The van der Waals surface area contributed by atoms with Gasteiger partial charge < -0.3 is 14.3 Å². The van der Waals surface area contributed by atoms with E-state index in [1.54, 1.807) is 0 Å². The van der Waals surface area contributed by atoms with E-state index in [1.165, 1.54) is 0 Å². The van der Waals surface area contributed by atoms with E-state index in [1.807, 2.05) is 34.9 Å². The van der Waals surface area contributed by atoms with Gasteiger partial charge in [0, 0.05) is 12.8 Å². The van der Waals surface area contributed by atoms with Crippen molar-refractivity contribution in [2.24, 2.45) is 0 Å². The fraction of sp³-hybridized carbons (Fsp3) is 0.308. The van der Waals surface area contributed by atoms with Crippen molar-refractivity contribution >= 4 is 0 Å². The topological polar surface area (TPSA) is 49.3 Å². The molecule has 88 valence electrons. The molecule has 0 fully saturated rings. The van der Waals surface area contributed by atoms with E-state index in [4.69, 9.17) is 9.15 Å². The first-order valence-corrected chi connectivity index (χ1v) is 5.74. The Morgan fingerprint density at radius 3 is 2.94 bits per heavy atom. The molecular weight excluding hydrogens is 218 g/mol. The summed E-state index contributed by atoms with van der Waals surface area (Å²) in [7, 11) is 0. The number of hydrogen-bond acceptors (Lipinski definition) is 3. The van der Waals surface area contributed by atoms with Gasteiger partial charge in [-0.15, -0.1) is 0 Å². The van der Waals surface area contributed by atoms with Gasteiger partial charge in [0.05, 0.1) is 0 Å². The van der Waals surface area contributed by atoms with Crippen molar-refractivity contribution in [3.63, 3.8) is 0 Å². The Labute approximate surface area is 99.1 Å². The number of ether oxygens (including phenoxy) is 1. The Bertz CT molecular complexity index is 519. The predicted octanol–water partition coefficient (Wildman–Crippen LogP) is 1.17. The summed E-state index contributed by atoms with van der Waals surface area (Å²) in [5, 5.41) is 11.5. The molecule has 4 heteroatoms. The highest BCUT2D eigenvalue weighted by molar-refractivity contribution is 5.14. The second kappa shape index (κ2) is 4.13. The SMILES string of the molecule is [O-]c1oc(OCc2ccccc2)[n+]2c1CCC2. The van der Waals surface area contributed by atoms with Crippen LogP contribution in [-0.4, -0.2) is 0 Å². The van der Waals surface area contributed by atoms with E-state index in [9.17, 15) is 5.11 Å². The number of fused-ring (bicyclic) bond motifs is 1. The van der Waals surface area contributed by atoms with Gasteiger partial charge in [-0.25, -0.2) is 0 Å². The molecule has 2 aromatic rings. The van der Waals surface area contributed by atoms with Gasteiger partial charge in [0.2, 0.25) is 5.69 Å². The van der Waals surface area contributed by atoms with Crippen LogP contribution in [0.4, 0.5) is 0 Å². The Morgan fingerprint density at radius 1 is 1.29 bits per heavy atom. The minimum absolute atomic E-state index is 0.259. The van der Waals surface area contributed by atoms with Gasteiger partial charge in [-0.3, -0.25) is 0 Å². The van der Waals surface area contributed by atoms with E-state index in [0.717, 1.165) is 30.6 Å². The van der Waals surface area contributed by atoms with Crippen molar-refractivity contribution in [3.8, 4) is 12.0 Å². The van der Waals surface area contributed by atoms with Gasteiger partial charge in [-0.1, -0.05) is 30.3 Å². The first-order valence-electron chi connectivity index (χ1n) is 5.74. The van der Waals surface area contributed by atoms with Crippen LogP contribution >= 0.6 is 0 Å². The number of oxazole rings is 1. The molecule has 1 aliphatic rings. The average molecular weight is 231 g/mol. The third-order valence-electron chi connectivity index (χ3n) is 2.96. The Hall–Kier alpha value is -1.97. The molecule has 1 aromatic carbocycles. The second-order valence-corrected chi connectivity index (χ2v) is 4.13. The zero-order chi connectivity index (χ0) is 11.7. The zero-order valence-electron chi connectivity index (χ0n) is 9.39. The fourth-order valence-corrected chi connectivity index (χ4v) is 2.11. The lowest BCUT2D eigenvalue weighted by Crippen LogP contribution is -2.32. The molecule has 2 heterocycles. The monoisotopic (exact) mass is 231 g/mol. The largest absolute Gasteiger partial charge is 0.540 e. The Morgan fingerprint density at radius 2 is 2.12 bits per heavy atom. The van der Waals surface area contributed by atoms with E-state index in [2.05, 4.69) is 0 Å². The molecule has 1 aliphatic heterocycles. The van der Waals surface area contributed by atoms with Gasteiger partial charge in [0.15, 0.2) is 6.54 Å². The van der Waals surface area contributed by atoms with Crippen LogP contribution in [0.25, 0.3) is 0 Å². The summed E-state index contributed by atoms with van der Waals surface area (Å²) in [4.78, 5) is 0. The summed E-state index contributed by atoms with van der Waals surface area (Å²) in [5.74, 6) is -0.259.